The molecule has 0 radical (unpaired) electrons. The second-order valence-corrected chi connectivity index (χ2v) is 4.90. The molecule has 1 saturated carbocycles. The third-order valence-corrected chi connectivity index (χ3v) is 3.91. The van der Waals surface area contributed by atoms with Gasteiger partial charge >= 0.3 is 0 Å². The van der Waals surface area contributed by atoms with Crippen LogP contribution in [0, 0.1) is 5.92 Å². The van der Waals surface area contributed by atoms with E-state index in [0.29, 0.717) is 0 Å². The fourth-order valence-corrected chi connectivity index (χ4v) is 2.93. The SMILES string of the molecule is C[C@@H]1CC1c1nc2ccccc2s1. The van der Waals surface area contributed by atoms with Gasteiger partial charge in [-0.15, -0.1) is 11.3 Å². The van der Waals surface area contributed by atoms with Crippen LogP contribution in [0.3, 0.4) is 0 Å². The molecular formula is C11H11NS. The first-order valence-corrected chi connectivity index (χ1v) is 5.52. The fraction of sp³-hybridized carbons (Fsp3) is 0.364. The average Bonchev–Trinajstić information content (AvgIpc) is 2.74. The summed E-state index contributed by atoms with van der Waals surface area (Å²) in [4.78, 5) is 4.64. The van der Waals surface area contributed by atoms with E-state index in [1.807, 2.05) is 11.3 Å². The van der Waals surface area contributed by atoms with Crippen LogP contribution in [0.4, 0.5) is 0 Å². The standard InChI is InChI=1S/C11H11NS/c1-7-6-8(7)11-12-9-4-2-3-5-10(9)13-11/h2-5,7-8H,6H2,1H3/t7-,8?/m1/s1. The molecule has 13 heavy (non-hydrogen) atoms. The van der Waals surface area contributed by atoms with Gasteiger partial charge in [0.05, 0.1) is 15.2 Å². The average molecular weight is 189 g/mol. The highest BCUT2D eigenvalue weighted by Crippen LogP contribution is 2.48. The van der Waals surface area contributed by atoms with Gasteiger partial charge in [0.25, 0.3) is 0 Å². The highest BCUT2D eigenvalue weighted by Gasteiger charge is 2.36. The highest BCUT2D eigenvalue weighted by molar-refractivity contribution is 7.18. The zero-order valence-electron chi connectivity index (χ0n) is 7.53. The molecule has 0 N–H and O–H groups in total. The summed E-state index contributed by atoms with van der Waals surface area (Å²) in [5.74, 6) is 1.62. The Bertz CT molecular complexity index is 413. The van der Waals surface area contributed by atoms with Gasteiger partial charge in [0.2, 0.25) is 0 Å². The largest absolute Gasteiger partial charge is 0.241 e. The fourth-order valence-electron chi connectivity index (χ4n) is 1.71. The molecule has 1 unspecified atom stereocenters. The van der Waals surface area contributed by atoms with E-state index in [9.17, 15) is 0 Å². The maximum atomic E-state index is 4.64. The van der Waals surface area contributed by atoms with Crippen molar-refractivity contribution in [2.45, 2.75) is 19.3 Å². The van der Waals surface area contributed by atoms with Crippen molar-refractivity contribution >= 4 is 21.6 Å². The zero-order valence-corrected chi connectivity index (χ0v) is 8.34. The lowest BCUT2D eigenvalue weighted by Gasteiger charge is -1.85. The van der Waals surface area contributed by atoms with E-state index in [4.69, 9.17) is 0 Å². The molecule has 3 rings (SSSR count). The lowest BCUT2D eigenvalue weighted by molar-refractivity contribution is 0.908. The molecule has 0 spiro atoms. The van der Waals surface area contributed by atoms with Gasteiger partial charge in [-0.3, -0.25) is 0 Å². The molecule has 0 saturated heterocycles. The van der Waals surface area contributed by atoms with Crippen LogP contribution in [0.25, 0.3) is 10.2 Å². The number of para-hydroxylation sites is 1. The summed E-state index contributed by atoms with van der Waals surface area (Å²) in [6.07, 6.45) is 1.33. The minimum atomic E-state index is 0.761. The molecule has 1 aliphatic carbocycles. The van der Waals surface area contributed by atoms with Gasteiger partial charge in [-0.1, -0.05) is 19.1 Å². The van der Waals surface area contributed by atoms with Crippen LogP contribution < -0.4 is 0 Å². The summed E-state index contributed by atoms with van der Waals surface area (Å²) in [6, 6.07) is 8.40. The van der Waals surface area contributed by atoms with Crippen LogP contribution in [0.2, 0.25) is 0 Å². The molecule has 0 bridgehead atoms. The topological polar surface area (TPSA) is 12.9 Å². The van der Waals surface area contributed by atoms with Crippen LogP contribution in [-0.2, 0) is 0 Å². The van der Waals surface area contributed by atoms with Crippen LogP contribution in [-0.4, -0.2) is 4.98 Å². The smallest absolute Gasteiger partial charge is 0.0972 e. The molecular weight excluding hydrogens is 178 g/mol. The van der Waals surface area contributed by atoms with Crippen molar-refractivity contribution in [2.24, 2.45) is 5.92 Å². The monoisotopic (exact) mass is 189 g/mol. The van der Waals surface area contributed by atoms with E-state index in [0.717, 1.165) is 11.8 Å². The van der Waals surface area contributed by atoms with Gasteiger partial charge in [0.15, 0.2) is 0 Å². The lowest BCUT2D eigenvalue weighted by atomic mass is 10.3. The molecule has 2 atom stereocenters. The molecule has 2 aromatic rings. The number of hydrogen-bond donors (Lipinski definition) is 0. The lowest BCUT2D eigenvalue weighted by Crippen LogP contribution is -1.76. The maximum Gasteiger partial charge on any atom is 0.0972 e. The van der Waals surface area contributed by atoms with Gasteiger partial charge < -0.3 is 0 Å². The number of fused-ring (bicyclic) bond motifs is 1. The Morgan fingerprint density at radius 3 is 2.85 bits per heavy atom. The maximum absolute atomic E-state index is 4.64. The summed E-state index contributed by atoms with van der Waals surface area (Å²) in [6.45, 7) is 2.30. The van der Waals surface area contributed by atoms with Crippen LogP contribution in [0.15, 0.2) is 24.3 Å². The number of aromatic nitrogens is 1. The Kier molecular flexibility index (Phi) is 1.47. The minimum Gasteiger partial charge on any atom is -0.241 e. The molecule has 0 amide bonds. The summed E-state index contributed by atoms with van der Waals surface area (Å²) < 4.78 is 1.33. The number of hydrogen-bond acceptors (Lipinski definition) is 2. The first kappa shape index (κ1) is 7.51. The molecule has 1 aromatic heterocycles. The molecule has 1 fully saturated rings. The highest BCUT2D eigenvalue weighted by atomic mass is 32.1. The number of nitrogens with zero attached hydrogens (tertiary/aromatic N) is 1. The third-order valence-electron chi connectivity index (χ3n) is 2.74. The molecule has 1 nitrogen and oxygen atoms in total. The van der Waals surface area contributed by atoms with Crippen molar-refractivity contribution in [1.29, 1.82) is 0 Å². The molecule has 2 heteroatoms. The van der Waals surface area contributed by atoms with Crippen molar-refractivity contribution in [3.63, 3.8) is 0 Å². The Hall–Kier alpha value is -0.890. The molecule has 0 aliphatic heterocycles. The summed E-state index contributed by atoms with van der Waals surface area (Å²) in [7, 11) is 0. The van der Waals surface area contributed by atoms with Gasteiger partial charge in [0.1, 0.15) is 0 Å². The second kappa shape index (κ2) is 2.55. The van der Waals surface area contributed by atoms with Gasteiger partial charge in [0, 0.05) is 5.92 Å². The van der Waals surface area contributed by atoms with Crippen molar-refractivity contribution in [3.8, 4) is 0 Å². The van der Waals surface area contributed by atoms with E-state index in [2.05, 4.69) is 36.2 Å². The summed E-state index contributed by atoms with van der Waals surface area (Å²) in [5, 5.41) is 1.34. The van der Waals surface area contributed by atoms with E-state index in [1.54, 1.807) is 0 Å². The predicted octanol–water partition coefficient (Wildman–Crippen LogP) is 3.42. The third kappa shape index (κ3) is 1.17. The normalized spacial score (nSPS) is 26.5. The van der Waals surface area contributed by atoms with Crippen LogP contribution in [0.5, 0.6) is 0 Å². The minimum absolute atomic E-state index is 0.761. The zero-order chi connectivity index (χ0) is 8.84. The van der Waals surface area contributed by atoms with E-state index in [-0.39, 0.29) is 0 Å². The van der Waals surface area contributed by atoms with E-state index in [1.165, 1.54) is 21.6 Å². The van der Waals surface area contributed by atoms with Gasteiger partial charge in [-0.25, -0.2) is 4.98 Å². The first-order chi connectivity index (χ1) is 6.34. The summed E-state index contributed by atoms with van der Waals surface area (Å²) >= 11 is 1.86. The Labute approximate surface area is 81.4 Å². The number of thiazole rings is 1. The summed E-state index contributed by atoms with van der Waals surface area (Å²) in [5.41, 5.74) is 1.17. The Morgan fingerprint density at radius 1 is 1.38 bits per heavy atom. The Morgan fingerprint density at radius 2 is 2.15 bits per heavy atom. The quantitative estimate of drug-likeness (QED) is 0.669. The second-order valence-electron chi connectivity index (χ2n) is 3.84. The molecule has 1 heterocycles. The van der Waals surface area contributed by atoms with Crippen molar-refractivity contribution in [3.05, 3.63) is 29.3 Å². The van der Waals surface area contributed by atoms with E-state index < -0.39 is 0 Å². The number of benzene rings is 1. The number of rotatable bonds is 1. The predicted molar refractivity (Wildman–Crippen MR) is 56.1 cm³/mol. The van der Waals surface area contributed by atoms with E-state index >= 15 is 0 Å². The van der Waals surface area contributed by atoms with Crippen LogP contribution >= 0.6 is 11.3 Å². The van der Waals surface area contributed by atoms with Gasteiger partial charge in [-0.2, -0.15) is 0 Å². The molecule has 1 aliphatic rings. The molecule has 66 valence electrons. The van der Waals surface area contributed by atoms with Gasteiger partial charge in [-0.05, 0) is 24.5 Å². The first-order valence-electron chi connectivity index (χ1n) is 4.70. The van der Waals surface area contributed by atoms with Crippen molar-refractivity contribution < 1.29 is 0 Å². The van der Waals surface area contributed by atoms with Crippen molar-refractivity contribution in [1.82, 2.24) is 4.98 Å². The molecule has 1 aromatic carbocycles. The Balaban J connectivity index is 2.12. The van der Waals surface area contributed by atoms with Crippen LogP contribution in [0.1, 0.15) is 24.3 Å². The van der Waals surface area contributed by atoms with Crippen molar-refractivity contribution in [2.75, 3.05) is 0 Å².